The third-order valence-electron chi connectivity index (χ3n) is 8.52. The van der Waals surface area contributed by atoms with Crippen LogP contribution in [0.5, 0.6) is 11.5 Å². The summed E-state index contributed by atoms with van der Waals surface area (Å²) in [6, 6.07) is 3.60. The zero-order chi connectivity index (χ0) is 30.1. The molecule has 2 saturated heterocycles. The van der Waals surface area contributed by atoms with Crippen LogP contribution in [-0.2, 0) is 20.9 Å². The number of piperidine rings is 1. The van der Waals surface area contributed by atoms with Gasteiger partial charge in [0.1, 0.15) is 12.4 Å². The van der Waals surface area contributed by atoms with Gasteiger partial charge in [-0.15, -0.1) is 0 Å². The van der Waals surface area contributed by atoms with Crippen LogP contribution in [0.25, 0.3) is 11.2 Å². The number of fused-ring (bicyclic) bond motifs is 2. The molecule has 0 saturated carbocycles. The Balaban J connectivity index is 1.08. The number of imidazole rings is 1. The zero-order valence-electron chi connectivity index (χ0n) is 24.3. The fourth-order valence-corrected chi connectivity index (χ4v) is 7.58. The summed E-state index contributed by atoms with van der Waals surface area (Å²) >= 11 is 5.15. The Bertz CT molecular complexity index is 1510. The molecule has 3 aromatic rings. The van der Waals surface area contributed by atoms with Crippen molar-refractivity contribution in [1.82, 2.24) is 29.3 Å². The summed E-state index contributed by atoms with van der Waals surface area (Å²) in [5.41, 5.74) is 7.44. The van der Waals surface area contributed by atoms with Crippen molar-refractivity contribution in [2.24, 2.45) is 5.92 Å². The average Bonchev–Trinajstić information content (AvgIpc) is 3.75. The number of halogens is 1. The summed E-state index contributed by atoms with van der Waals surface area (Å²) in [7, 11) is 0. The van der Waals surface area contributed by atoms with E-state index in [0.717, 1.165) is 59.7 Å². The van der Waals surface area contributed by atoms with Gasteiger partial charge in [0, 0.05) is 29.0 Å². The Morgan fingerprint density at radius 2 is 1.93 bits per heavy atom. The highest BCUT2D eigenvalue weighted by molar-refractivity contribution is 9.10. The molecule has 2 aromatic heterocycles. The molecule has 2 unspecified atom stereocenters. The van der Waals surface area contributed by atoms with Crippen molar-refractivity contribution in [3.05, 3.63) is 22.9 Å². The molecule has 43 heavy (non-hydrogen) atoms. The number of aryl methyl sites for hydroxylation is 1. The number of amides is 1. The van der Waals surface area contributed by atoms with Gasteiger partial charge < -0.3 is 29.4 Å². The average molecular weight is 675 g/mol. The SMILES string of the molecule is CCN1CCCC1C(=O)OC(C)C(=O)N1CCC(CCn2c(Sc3cc4c(cc3Br)OCO4)nc3c(N)ncnc32)CC1. The lowest BCUT2D eigenvalue weighted by atomic mass is 9.93. The summed E-state index contributed by atoms with van der Waals surface area (Å²) in [5, 5.41) is 0.758. The first-order chi connectivity index (χ1) is 20.8. The number of carbonyl (C=O) groups excluding carboxylic acids is 2. The topological polar surface area (TPSA) is 138 Å². The Morgan fingerprint density at radius 1 is 1.16 bits per heavy atom. The molecule has 0 spiro atoms. The van der Waals surface area contributed by atoms with Crippen LogP contribution in [-0.4, -0.2) is 86.3 Å². The van der Waals surface area contributed by atoms with Crippen molar-refractivity contribution >= 4 is 56.6 Å². The molecule has 230 valence electrons. The molecule has 6 rings (SSSR count). The molecule has 2 atom stereocenters. The number of aromatic nitrogens is 4. The van der Waals surface area contributed by atoms with Crippen LogP contribution >= 0.6 is 27.7 Å². The maximum atomic E-state index is 13.1. The molecule has 12 nitrogen and oxygen atoms in total. The van der Waals surface area contributed by atoms with Crippen LogP contribution in [0.4, 0.5) is 5.82 Å². The van der Waals surface area contributed by atoms with Crippen molar-refractivity contribution in [3.63, 3.8) is 0 Å². The first kappa shape index (κ1) is 29.9. The van der Waals surface area contributed by atoms with Gasteiger partial charge in [-0.3, -0.25) is 14.5 Å². The molecule has 3 aliphatic rings. The molecule has 1 aromatic carbocycles. The van der Waals surface area contributed by atoms with Gasteiger partial charge in [-0.25, -0.2) is 15.0 Å². The second kappa shape index (κ2) is 12.9. The van der Waals surface area contributed by atoms with Crippen molar-refractivity contribution in [2.75, 3.05) is 38.7 Å². The lowest BCUT2D eigenvalue weighted by molar-refractivity contribution is -0.163. The lowest BCUT2D eigenvalue weighted by Gasteiger charge is -2.34. The Kier molecular flexibility index (Phi) is 8.96. The van der Waals surface area contributed by atoms with E-state index in [1.54, 1.807) is 6.92 Å². The van der Waals surface area contributed by atoms with Gasteiger partial charge >= 0.3 is 5.97 Å². The third-order valence-corrected chi connectivity index (χ3v) is 10.5. The van der Waals surface area contributed by atoms with Crippen LogP contribution in [0.1, 0.15) is 46.0 Å². The molecule has 14 heteroatoms. The maximum Gasteiger partial charge on any atom is 0.324 e. The highest BCUT2D eigenvalue weighted by Gasteiger charge is 2.34. The molecule has 2 N–H and O–H groups in total. The highest BCUT2D eigenvalue weighted by Crippen LogP contribution is 2.43. The standard InChI is InChI=1S/C29H36BrN7O5S/c1-3-35-9-4-5-20(35)28(39)42-17(2)27(38)36-10-6-18(7-11-36)8-12-37-26-24(25(31)32-15-33-26)34-29(37)43-23-14-22-21(13-19(23)30)40-16-41-22/h13-15,17-18,20H,3-12,16H2,1-2H3,(H2,31,32,33). The summed E-state index contributed by atoms with van der Waals surface area (Å²) in [6.07, 6.45) is 5.10. The number of nitrogens with two attached hydrogens (primary N) is 1. The van der Waals surface area contributed by atoms with Crippen LogP contribution in [0, 0.1) is 5.92 Å². The van der Waals surface area contributed by atoms with E-state index in [1.165, 1.54) is 18.1 Å². The zero-order valence-corrected chi connectivity index (χ0v) is 26.7. The number of ether oxygens (including phenoxy) is 3. The number of hydrogen-bond acceptors (Lipinski definition) is 11. The number of anilines is 1. The Hall–Kier alpha value is -3.10. The van der Waals surface area contributed by atoms with E-state index in [4.69, 9.17) is 24.9 Å². The molecular formula is C29H36BrN7O5S. The number of nitrogen functional groups attached to an aromatic ring is 1. The number of nitrogens with zero attached hydrogens (tertiary/aromatic N) is 6. The minimum atomic E-state index is -0.777. The summed E-state index contributed by atoms with van der Waals surface area (Å²) < 4.78 is 19.7. The second-order valence-electron chi connectivity index (χ2n) is 11.1. The van der Waals surface area contributed by atoms with E-state index >= 15 is 0 Å². The van der Waals surface area contributed by atoms with Crippen molar-refractivity contribution in [1.29, 1.82) is 0 Å². The summed E-state index contributed by atoms with van der Waals surface area (Å²) in [4.78, 5) is 44.2. The van der Waals surface area contributed by atoms with Gasteiger partial charge in [0.25, 0.3) is 5.91 Å². The number of likely N-dealkylation sites (N-methyl/N-ethyl adjacent to an activating group) is 1. The van der Waals surface area contributed by atoms with Crippen molar-refractivity contribution < 1.29 is 23.8 Å². The highest BCUT2D eigenvalue weighted by atomic mass is 79.9. The molecular weight excluding hydrogens is 638 g/mol. The number of carbonyl (C=O) groups is 2. The summed E-state index contributed by atoms with van der Waals surface area (Å²) in [5.74, 6) is 1.76. The van der Waals surface area contributed by atoms with Crippen LogP contribution in [0.15, 0.2) is 33.0 Å². The van der Waals surface area contributed by atoms with E-state index in [2.05, 4.69) is 35.4 Å². The van der Waals surface area contributed by atoms with Gasteiger partial charge in [-0.1, -0.05) is 18.7 Å². The fraction of sp³-hybridized carbons (Fsp3) is 0.552. The van der Waals surface area contributed by atoms with Crippen molar-refractivity contribution in [2.45, 2.75) is 74.7 Å². The van der Waals surface area contributed by atoms with Crippen LogP contribution in [0.3, 0.4) is 0 Å². The van der Waals surface area contributed by atoms with Gasteiger partial charge in [0.05, 0.1) is 0 Å². The van der Waals surface area contributed by atoms with E-state index in [1.807, 2.05) is 24.0 Å². The third kappa shape index (κ3) is 6.27. The quantitative estimate of drug-likeness (QED) is 0.329. The van der Waals surface area contributed by atoms with E-state index in [0.29, 0.717) is 54.0 Å². The first-order valence-electron chi connectivity index (χ1n) is 14.8. The van der Waals surface area contributed by atoms with E-state index < -0.39 is 6.10 Å². The van der Waals surface area contributed by atoms with Crippen molar-refractivity contribution in [3.8, 4) is 11.5 Å². The van der Waals surface area contributed by atoms with Crippen LogP contribution < -0.4 is 15.2 Å². The molecule has 3 aliphatic heterocycles. The molecule has 0 aliphatic carbocycles. The number of esters is 1. The molecule has 0 bridgehead atoms. The first-order valence-corrected chi connectivity index (χ1v) is 16.4. The monoisotopic (exact) mass is 673 g/mol. The predicted octanol–water partition coefficient (Wildman–Crippen LogP) is 4.10. The van der Waals surface area contributed by atoms with Gasteiger partial charge in [-0.05, 0) is 86.1 Å². The largest absolute Gasteiger partial charge is 0.454 e. The molecule has 0 radical (unpaired) electrons. The number of benzene rings is 1. The van der Waals surface area contributed by atoms with E-state index in [-0.39, 0.29) is 24.7 Å². The maximum absolute atomic E-state index is 13.1. The minimum absolute atomic E-state index is 0.117. The van der Waals surface area contributed by atoms with Gasteiger partial charge in [0.15, 0.2) is 39.7 Å². The minimum Gasteiger partial charge on any atom is -0.454 e. The second-order valence-corrected chi connectivity index (χ2v) is 13.0. The van der Waals surface area contributed by atoms with Crippen LogP contribution in [0.2, 0.25) is 0 Å². The number of hydrogen-bond donors (Lipinski definition) is 1. The lowest BCUT2D eigenvalue weighted by Crippen LogP contribution is -2.46. The Labute approximate surface area is 262 Å². The smallest absolute Gasteiger partial charge is 0.324 e. The molecule has 2 fully saturated rings. The predicted molar refractivity (Wildman–Crippen MR) is 164 cm³/mol. The molecule has 1 amide bonds. The van der Waals surface area contributed by atoms with E-state index in [9.17, 15) is 9.59 Å². The normalized spacial score (nSPS) is 19.7. The fourth-order valence-electron chi connectivity index (χ4n) is 6.07. The van der Waals surface area contributed by atoms with Gasteiger partial charge in [-0.2, -0.15) is 0 Å². The number of rotatable bonds is 9. The molecule has 5 heterocycles. The number of likely N-dealkylation sites (tertiary alicyclic amines) is 2. The Morgan fingerprint density at radius 3 is 2.70 bits per heavy atom. The van der Waals surface area contributed by atoms with Gasteiger partial charge in [0.2, 0.25) is 6.79 Å². The summed E-state index contributed by atoms with van der Waals surface area (Å²) in [6.45, 7) is 7.61.